The number of nitrogens with zero attached hydrogens (tertiary/aromatic N) is 3. The van der Waals surface area contributed by atoms with Crippen LogP contribution in [0.4, 0.5) is 5.69 Å². The molecule has 0 N–H and O–H groups in total. The fourth-order valence-electron chi connectivity index (χ4n) is 3.85. The van der Waals surface area contributed by atoms with E-state index in [2.05, 4.69) is 59.6 Å². The van der Waals surface area contributed by atoms with Crippen LogP contribution < -0.4 is 4.90 Å². The van der Waals surface area contributed by atoms with Crippen LogP contribution in [0.25, 0.3) is 0 Å². The fourth-order valence-corrected chi connectivity index (χ4v) is 3.85. The van der Waals surface area contributed by atoms with Gasteiger partial charge in [0.2, 0.25) is 0 Å². The number of hydrogen-bond acceptors (Lipinski definition) is 2. The van der Waals surface area contributed by atoms with Crippen molar-refractivity contribution in [3.63, 3.8) is 0 Å². The van der Waals surface area contributed by atoms with Crippen LogP contribution in [-0.2, 0) is 13.0 Å². The van der Waals surface area contributed by atoms with Crippen LogP contribution in [0.3, 0.4) is 0 Å². The van der Waals surface area contributed by atoms with Crippen molar-refractivity contribution in [1.82, 2.24) is 9.55 Å². The van der Waals surface area contributed by atoms with Crippen LogP contribution in [0.5, 0.6) is 0 Å². The first kappa shape index (κ1) is 16.3. The highest BCUT2D eigenvalue weighted by Crippen LogP contribution is 2.25. The Labute approximate surface area is 151 Å². The zero-order valence-electron chi connectivity index (χ0n) is 15.4. The van der Waals surface area contributed by atoms with Gasteiger partial charge in [-0.2, -0.15) is 0 Å². The molecule has 0 bridgehead atoms. The van der Waals surface area contributed by atoms with Gasteiger partial charge < -0.3 is 9.47 Å². The van der Waals surface area contributed by atoms with E-state index in [1.165, 1.54) is 35.5 Å². The fraction of sp³-hybridized carbons (Fsp3) is 0.500. The van der Waals surface area contributed by atoms with Gasteiger partial charge in [-0.1, -0.05) is 12.0 Å². The van der Waals surface area contributed by atoms with Gasteiger partial charge in [-0.15, -0.1) is 0 Å². The summed E-state index contributed by atoms with van der Waals surface area (Å²) in [6, 6.07) is 6.80. The SMILES string of the molecule is Cc1ccc(N2CCC(C#Cc3cn4c(n3)CCCC4)CC2)cc1C. The number of aromatic nitrogens is 2. The molecule has 1 aromatic carbocycles. The Balaban J connectivity index is 1.37. The van der Waals surface area contributed by atoms with Crippen molar-refractivity contribution < 1.29 is 0 Å². The molecule has 0 spiro atoms. The number of hydrogen-bond donors (Lipinski definition) is 0. The quantitative estimate of drug-likeness (QED) is 0.733. The van der Waals surface area contributed by atoms with Crippen LogP contribution in [-0.4, -0.2) is 22.6 Å². The lowest BCUT2D eigenvalue weighted by molar-refractivity contribution is 0.492. The summed E-state index contributed by atoms with van der Waals surface area (Å²) in [7, 11) is 0. The highest BCUT2D eigenvalue weighted by molar-refractivity contribution is 5.51. The zero-order chi connectivity index (χ0) is 17.2. The van der Waals surface area contributed by atoms with Crippen molar-refractivity contribution in [1.29, 1.82) is 0 Å². The highest BCUT2D eigenvalue weighted by Gasteiger charge is 2.18. The number of benzene rings is 1. The third kappa shape index (κ3) is 3.58. The molecule has 1 fully saturated rings. The molecule has 0 amide bonds. The van der Waals surface area contributed by atoms with E-state index in [0.29, 0.717) is 5.92 Å². The number of fused-ring (bicyclic) bond motifs is 1. The Morgan fingerprint density at radius 3 is 2.64 bits per heavy atom. The number of imidazole rings is 1. The van der Waals surface area contributed by atoms with Crippen LogP contribution >= 0.6 is 0 Å². The van der Waals surface area contributed by atoms with Crippen LogP contribution in [0.1, 0.15) is 48.3 Å². The highest BCUT2D eigenvalue weighted by atomic mass is 15.1. The second-order valence-electron chi connectivity index (χ2n) is 7.49. The van der Waals surface area contributed by atoms with E-state index < -0.39 is 0 Å². The molecule has 3 nitrogen and oxygen atoms in total. The maximum absolute atomic E-state index is 4.69. The Morgan fingerprint density at radius 2 is 1.88 bits per heavy atom. The van der Waals surface area contributed by atoms with Crippen LogP contribution in [0.2, 0.25) is 0 Å². The lowest BCUT2D eigenvalue weighted by atomic mass is 9.96. The summed E-state index contributed by atoms with van der Waals surface area (Å²) >= 11 is 0. The maximum atomic E-state index is 4.69. The summed E-state index contributed by atoms with van der Waals surface area (Å²) in [4.78, 5) is 7.19. The Morgan fingerprint density at radius 1 is 1.04 bits per heavy atom. The summed E-state index contributed by atoms with van der Waals surface area (Å²) in [5, 5.41) is 0. The second kappa shape index (κ2) is 6.96. The Kier molecular flexibility index (Phi) is 4.53. The molecule has 1 aromatic heterocycles. The minimum absolute atomic E-state index is 0.501. The van der Waals surface area contributed by atoms with Crippen molar-refractivity contribution >= 4 is 5.69 Å². The van der Waals surface area contributed by atoms with E-state index in [4.69, 9.17) is 4.98 Å². The lowest BCUT2D eigenvalue weighted by Crippen LogP contribution is -2.33. The van der Waals surface area contributed by atoms with E-state index in [-0.39, 0.29) is 0 Å². The molecule has 2 aliphatic rings. The first-order valence-electron chi connectivity index (χ1n) is 9.59. The van der Waals surface area contributed by atoms with E-state index in [1.807, 2.05) is 0 Å². The van der Waals surface area contributed by atoms with Gasteiger partial charge in [-0.05, 0) is 68.7 Å². The van der Waals surface area contributed by atoms with Crippen molar-refractivity contribution in [3.05, 3.63) is 47.0 Å². The van der Waals surface area contributed by atoms with Crippen LogP contribution in [0, 0.1) is 31.6 Å². The van der Waals surface area contributed by atoms with Gasteiger partial charge in [-0.3, -0.25) is 0 Å². The van der Waals surface area contributed by atoms with Crippen molar-refractivity contribution in [3.8, 4) is 11.8 Å². The second-order valence-corrected chi connectivity index (χ2v) is 7.49. The summed E-state index contributed by atoms with van der Waals surface area (Å²) in [6.07, 6.45) is 8.08. The van der Waals surface area contributed by atoms with Gasteiger partial charge in [0.15, 0.2) is 0 Å². The predicted molar refractivity (Wildman–Crippen MR) is 103 cm³/mol. The lowest BCUT2D eigenvalue weighted by Gasteiger charge is -2.32. The predicted octanol–water partition coefficient (Wildman–Crippen LogP) is 4.10. The van der Waals surface area contributed by atoms with Gasteiger partial charge in [-0.25, -0.2) is 4.98 Å². The molecular weight excluding hydrogens is 306 g/mol. The maximum Gasteiger partial charge on any atom is 0.131 e. The largest absolute Gasteiger partial charge is 0.371 e. The molecule has 0 atom stereocenters. The van der Waals surface area contributed by atoms with Crippen molar-refractivity contribution in [2.45, 2.75) is 52.5 Å². The third-order valence-corrected chi connectivity index (χ3v) is 5.66. The smallest absolute Gasteiger partial charge is 0.131 e. The Hall–Kier alpha value is -2.21. The first-order valence-corrected chi connectivity index (χ1v) is 9.59. The molecule has 4 rings (SSSR count). The number of aryl methyl sites for hydroxylation is 4. The number of piperidine rings is 1. The van der Waals surface area contributed by atoms with E-state index in [0.717, 1.165) is 44.6 Å². The molecule has 2 aliphatic heterocycles. The standard InChI is InChI=1S/C22H27N3/c1-17-6-9-21(15-18(17)2)24-13-10-19(11-14-24)7-8-20-16-25-12-4-3-5-22(25)23-20/h6,9,15-16,19H,3-5,10-14H2,1-2H3. The minimum Gasteiger partial charge on any atom is -0.371 e. The zero-order valence-corrected chi connectivity index (χ0v) is 15.4. The summed E-state index contributed by atoms with van der Waals surface area (Å²) < 4.78 is 2.29. The summed E-state index contributed by atoms with van der Waals surface area (Å²) in [5.41, 5.74) is 5.07. The topological polar surface area (TPSA) is 21.1 Å². The molecule has 3 heterocycles. The summed E-state index contributed by atoms with van der Waals surface area (Å²) in [6.45, 7) is 7.68. The molecule has 130 valence electrons. The molecule has 3 heteroatoms. The number of rotatable bonds is 1. The van der Waals surface area contributed by atoms with Gasteiger partial charge in [0.25, 0.3) is 0 Å². The van der Waals surface area contributed by atoms with Gasteiger partial charge in [0.05, 0.1) is 0 Å². The molecule has 1 saturated heterocycles. The van der Waals surface area contributed by atoms with Crippen molar-refractivity contribution in [2.75, 3.05) is 18.0 Å². The third-order valence-electron chi connectivity index (χ3n) is 5.66. The average molecular weight is 333 g/mol. The molecule has 0 unspecified atom stereocenters. The average Bonchev–Trinajstić information content (AvgIpc) is 3.06. The minimum atomic E-state index is 0.501. The van der Waals surface area contributed by atoms with E-state index in [1.54, 1.807) is 0 Å². The molecular formula is C22H27N3. The van der Waals surface area contributed by atoms with Crippen molar-refractivity contribution in [2.24, 2.45) is 5.92 Å². The van der Waals surface area contributed by atoms with E-state index >= 15 is 0 Å². The molecule has 0 saturated carbocycles. The molecule has 25 heavy (non-hydrogen) atoms. The molecule has 0 aliphatic carbocycles. The molecule has 2 aromatic rings. The monoisotopic (exact) mass is 333 g/mol. The van der Waals surface area contributed by atoms with Crippen LogP contribution in [0.15, 0.2) is 24.4 Å². The van der Waals surface area contributed by atoms with Gasteiger partial charge in [0, 0.05) is 43.9 Å². The first-order chi connectivity index (χ1) is 12.2. The van der Waals surface area contributed by atoms with Gasteiger partial charge in [0.1, 0.15) is 11.5 Å². The van der Waals surface area contributed by atoms with Gasteiger partial charge >= 0.3 is 0 Å². The normalized spacial score (nSPS) is 17.8. The Bertz CT molecular complexity index is 790. The van der Waals surface area contributed by atoms with E-state index in [9.17, 15) is 0 Å². The molecule has 0 radical (unpaired) electrons. The summed E-state index contributed by atoms with van der Waals surface area (Å²) in [5.74, 6) is 8.55. The number of anilines is 1.